The number of anilines is 1. The van der Waals surface area contributed by atoms with E-state index in [2.05, 4.69) is 20.7 Å². The van der Waals surface area contributed by atoms with Gasteiger partial charge in [-0.25, -0.2) is 9.67 Å². The molecule has 0 saturated carbocycles. The van der Waals surface area contributed by atoms with Gasteiger partial charge in [-0.3, -0.25) is 9.59 Å². The van der Waals surface area contributed by atoms with Gasteiger partial charge in [0.2, 0.25) is 11.8 Å². The minimum Gasteiger partial charge on any atom is -0.352 e. The molecule has 3 aromatic rings. The maximum atomic E-state index is 12.3. The second-order valence-corrected chi connectivity index (χ2v) is 7.32. The molecule has 2 heterocycles. The summed E-state index contributed by atoms with van der Waals surface area (Å²) in [5.74, 6) is -0.284. The molecule has 0 saturated heterocycles. The van der Waals surface area contributed by atoms with Crippen molar-refractivity contribution in [3.63, 3.8) is 0 Å². The summed E-state index contributed by atoms with van der Waals surface area (Å²) in [4.78, 5) is 29.4. The average molecular weight is 379 g/mol. The summed E-state index contributed by atoms with van der Waals surface area (Å²) in [6.07, 6.45) is 3.25. The summed E-state index contributed by atoms with van der Waals surface area (Å²) in [5.41, 5.74) is 2.67. The zero-order chi connectivity index (χ0) is 18.6. The average Bonchev–Trinajstić information content (AvgIpc) is 3.22. The van der Waals surface area contributed by atoms with Crippen molar-refractivity contribution in [1.82, 2.24) is 20.1 Å². The number of aromatic nitrogens is 3. The number of benzene rings is 2. The van der Waals surface area contributed by atoms with E-state index in [9.17, 15) is 9.59 Å². The number of para-hydroxylation sites is 1. The van der Waals surface area contributed by atoms with Gasteiger partial charge in [-0.05, 0) is 29.8 Å². The number of hydrogen-bond acceptors (Lipinski definition) is 5. The predicted molar refractivity (Wildman–Crippen MR) is 103 cm³/mol. The molecule has 1 unspecified atom stereocenters. The van der Waals surface area contributed by atoms with Crippen molar-refractivity contribution < 1.29 is 9.59 Å². The van der Waals surface area contributed by atoms with Gasteiger partial charge in [0, 0.05) is 17.9 Å². The molecule has 27 heavy (non-hydrogen) atoms. The van der Waals surface area contributed by atoms with E-state index in [0.29, 0.717) is 6.54 Å². The Bertz CT molecular complexity index is 956. The molecule has 7 nitrogen and oxygen atoms in total. The van der Waals surface area contributed by atoms with Crippen LogP contribution in [0.4, 0.5) is 5.69 Å². The Labute approximate surface area is 160 Å². The highest BCUT2D eigenvalue weighted by Gasteiger charge is 2.28. The summed E-state index contributed by atoms with van der Waals surface area (Å²) >= 11 is 1.43. The molecule has 4 rings (SSSR count). The number of fused-ring (bicyclic) bond motifs is 1. The lowest BCUT2D eigenvalue weighted by atomic mass is 10.2. The molecule has 1 atom stereocenters. The van der Waals surface area contributed by atoms with Crippen LogP contribution in [-0.4, -0.2) is 31.8 Å². The largest absolute Gasteiger partial charge is 0.352 e. The van der Waals surface area contributed by atoms with Gasteiger partial charge in [-0.2, -0.15) is 5.10 Å². The molecule has 0 fully saturated rings. The Morgan fingerprint density at radius 3 is 2.78 bits per heavy atom. The van der Waals surface area contributed by atoms with Gasteiger partial charge < -0.3 is 10.6 Å². The molecule has 1 aromatic heterocycles. The van der Waals surface area contributed by atoms with Crippen LogP contribution >= 0.6 is 11.8 Å². The summed E-state index contributed by atoms with van der Waals surface area (Å²) in [6.45, 7) is 0.409. The molecule has 1 aliphatic heterocycles. The van der Waals surface area contributed by atoms with E-state index in [4.69, 9.17) is 0 Å². The fourth-order valence-electron chi connectivity index (χ4n) is 2.78. The Balaban J connectivity index is 1.32. The number of carbonyl (C=O) groups is 2. The lowest BCUT2D eigenvalue weighted by molar-refractivity contribution is -0.124. The van der Waals surface area contributed by atoms with Crippen molar-refractivity contribution in [2.24, 2.45) is 0 Å². The van der Waals surface area contributed by atoms with Gasteiger partial charge in [0.15, 0.2) is 0 Å². The highest BCUT2D eigenvalue weighted by atomic mass is 32.2. The van der Waals surface area contributed by atoms with Crippen LogP contribution in [0.5, 0.6) is 0 Å². The third kappa shape index (κ3) is 4.01. The first-order chi connectivity index (χ1) is 13.2. The highest BCUT2D eigenvalue weighted by Crippen LogP contribution is 2.36. The van der Waals surface area contributed by atoms with Crippen molar-refractivity contribution in [2.75, 3.05) is 5.32 Å². The van der Waals surface area contributed by atoms with Gasteiger partial charge in [0.05, 0.1) is 16.6 Å². The Morgan fingerprint density at radius 2 is 2.00 bits per heavy atom. The second kappa shape index (κ2) is 7.63. The van der Waals surface area contributed by atoms with Crippen molar-refractivity contribution in [2.45, 2.75) is 23.1 Å². The lowest BCUT2D eigenvalue weighted by Gasteiger charge is -2.23. The molecule has 0 spiro atoms. The first kappa shape index (κ1) is 17.3. The maximum Gasteiger partial charge on any atom is 0.238 e. The van der Waals surface area contributed by atoms with Crippen molar-refractivity contribution in [3.05, 3.63) is 66.7 Å². The van der Waals surface area contributed by atoms with Crippen LogP contribution in [0.15, 0.2) is 66.1 Å². The molecular formula is C19H17N5O2S. The fraction of sp³-hybridized carbons (Fsp3) is 0.158. The Hall–Kier alpha value is -3.13. The van der Waals surface area contributed by atoms with Gasteiger partial charge in [0.25, 0.3) is 0 Å². The minimum absolute atomic E-state index is 0.133. The molecule has 1 aliphatic rings. The number of nitrogens with one attached hydrogen (secondary N) is 2. The van der Waals surface area contributed by atoms with Crippen LogP contribution < -0.4 is 10.6 Å². The molecule has 2 amide bonds. The van der Waals surface area contributed by atoms with Crippen molar-refractivity contribution in [3.8, 4) is 5.69 Å². The van der Waals surface area contributed by atoms with Crippen molar-refractivity contribution in [1.29, 1.82) is 0 Å². The smallest absolute Gasteiger partial charge is 0.238 e. The van der Waals surface area contributed by atoms with E-state index >= 15 is 0 Å². The summed E-state index contributed by atoms with van der Waals surface area (Å²) in [6, 6.07) is 15.3. The second-order valence-electron chi connectivity index (χ2n) is 6.08. The number of carbonyl (C=O) groups excluding carboxylic acids is 2. The van der Waals surface area contributed by atoms with Gasteiger partial charge >= 0.3 is 0 Å². The molecule has 8 heteroatoms. The number of nitrogens with zero attached hydrogens (tertiary/aromatic N) is 3. The highest BCUT2D eigenvalue weighted by molar-refractivity contribution is 8.01. The molecule has 136 valence electrons. The first-order valence-electron chi connectivity index (χ1n) is 8.46. The lowest BCUT2D eigenvalue weighted by Crippen LogP contribution is -2.34. The topological polar surface area (TPSA) is 88.9 Å². The summed E-state index contributed by atoms with van der Waals surface area (Å²) < 4.78 is 1.67. The van der Waals surface area contributed by atoms with Crippen LogP contribution in [0.2, 0.25) is 0 Å². The summed E-state index contributed by atoms with van der Waals surface area (Å²) in [7, 11) is 0. The third-order valence-corrected chi connectivity index (χ3v) is 5.46. The molecule has 2 aromatic carbocycles. The van der Waals surface area contributed by atoms with Gasteiger partial charge in [0.1, 0.15) is 12.7 Å². The van der Waals surface area contributed by atoms with E-state index in [0.717, 1.165) is 21.8 Å². The van der Waals surface area contributed by atoms with Crippen LogP contribution in [0.3, 0.4) is 0 Å². The standard InChI is InChI=1S/C19H17N5O2S/c25-18(9-17-19(26)23-15-3-1-2-4-16(15)27-17)21-10-13-5-7-14(8-6-13)24-12-20-11-22-24/h1-8,11-12,17H,9-10H2,(H,21,25)(H,23,26). The van der Waals surface area contributed by atoms with E-state index in [-0.39, 0.29) is 18.2 Å². The Morgan fingerprint density at radius 1 is 1.19 bits per heavy atom. The molecule has 2 N–H and O–H groups in total. The summed E-state index contributed by atoms with van der Waals surface area (Å²) in [5, 5.41) is 9.39. The predicted octanol–water partition coefficient (Wildman–Crippen LogP) is 2.39. The Kier molecular flexibility index (Phi) is 4.88. The molecule has 0 bridgehead atoms. The van der Waals surface area contributed by atoms with Crippen LogP contribution in [0.1, 0.15) is 12.0 Å². The van der Waals surface area contributed by atoms with Crippen LogP contribution in [0, 0.1) is 0 Å². The zero-order valence-corrected chi connectivity index (χ0v) is 15.1. The fourth-order valence-corrected chi connectivity index (χ4v) is 3.89. The molecular weight excluding hydrogens is 362 g/mol. The van der Waals surface area contributed by atoms with Gasteiger partial charge in [-0.15, -0.1) is 11.8 Å². The maximum absolute atomic E-state index is 12.3. The number of amides is 2. The van der Waals surface area contributed by atoms with E-state index < -0.39 is 5.25 Å². The van der Waals surface area contributed by atoms with E-state index in [1.807, 2.05) is 48.5 Å². The number of rotatable bonds is 5. The quantitative estimate of drug-likeness (QED) is 0.711. The van der Waals surface area contributed by atoms with E-state index in [1.165, 1.54) is 18.1 Å². The van der Waals surface area contributed by atoms with Crippen LogP contribution in [-0.2, 0) is 16.1 Å². The van der Waals surface area contributed by atoms with Crippen LogP contribution in [0.25, 0.3) is 5.69 Å². The third-order valence-electron chi connectivity index (χ3n) is 4.19. The van der Waals surface area contributed by atoms with Gasteiger partial charge in [-0.1, -0.05) is 24.3 Å². The minimum atomic E-state index is -0.422. The monoisotopic (exact) mass is 379 g/mol. The molecule has 0 radical (unpaired) electrons. The first-order valence-corrected chi connectivity index (χ1v) is 9.34. The molecule has 0 aliphatic carbocycles. The zero-order valence-electron chi connectivity index (χ0n) is 14.3. The number of thioether (sulfide) groups is 1. The normalized spacial score (nSPS) is 15.7. The SMILES string of the molecule is O=C(CC1Sc2ccccc2NC1=O)NCc1ccc(-n2cncn2)cc1. The number of hydrogen-bond donors (Lipinski definition) is 2. The van der Waals surface area contributed by atoms with Crippen molar-refractivity contribution >= 4 is 29.3 Å². The van der Waals surface area contributed by atoms with E-state index in [1.54, 1.807) is 11.0 Å².